The molecule has 1 aromatic carbocycles. The fourth-order valence-electron chi connectivity index (χ4n) is 2.70. The number of rotatable bonds is 5. The lowest BCUT2D eigenvalue weighted by atomic mass is 9.81. The molecule has 0 saturated carbocycles. The van der Waals surface area contributed by atoms with Crippen molar-refractivity contribution in [3.05, 3.63) is 29.8 Å². The van der Waals surface area contributed by atoms with E-state index in [1.807, 2.05) is 0 Å². The summed E-state index contributed by atoms with van der Waals surface area (Å²) in [5, 5.41) is 6.06. The Kier molecular flexibility index (Phi) is 5.74. The molecule has 0 radical (unpaired) electrons. The topological polar surface area (TPSA) is 50.4 Å². The molecule has 1 amide bonds. The van der Waals surface area contributed by atoms with Crippen LogP contribution in [0.5, 0.6) is 5.75 Å². The summed E-state index contributed by atoms with van der Waals surface area (Å²) >= 11 is 0. The maximum Gasteiger partial charge on any atom is 0.419 e. The van der Waals surface area contributed by atoms with E-state index < -0.39 is 23.8 Å². The number of para-hydroxylation sites is 1. The largest absolute Gasteiger partial charge is 0.480 e. The van der Waals surface area contributed by atoms with Gasteiger partial charge in [0.05, 0.1) is 5.56 Å². The van der Waals surface area contributed by atoms with Gasteiger partial charge in [0, 0.05) is 6.54 Å². The fourth-order valence-corrected chi connectivity index (χ4v) is 2.70. The summed E-state index contributed by atoms with van der Waals surface area (Å²) < 4.78 is 44.1. The smallest absolute Gasteiger partial charge is 0.419 e. The van der Waals surface area contributed by atoms with Crippen LogP contribution in [0.2, 0.25) is 0 Å². The molecule has 2 N–H and O–H groups in total. The number of piperidine rings is 1. The standard InChI is InChI=1S/C17H23F3N2O2/c1-12(15(23)22-11-16(2)7-9-21-10-8-16)24-14-6-4-3-5-13(14)17(18,19)20/h3-6,12,21H,7-11H2,1-2H3,(H,22,23). The molecule has 1 fully saturated rings. The lowest BCUT2D eigenvalue weighted by Gasteiger charge is -2.34. The van der Waals surface area contributed by atoms with E-state index in [9.17, 15) is 18.0 Å². The fraction of sp³-hybridized carbons (Fsp3) is 0.588. The quantitative estimate of drug-likeness (QED) is 0.863. The highest BCUT2D eigenvalue weighted by Gasteiger charge is 2.35. The molecule has 134 valence electrons. The predicted octanol–water partition coefficient (Wildman–Crippen LogP) is 2.98. The lowest BCUT2D eigenvalue weighted by molar-refractivity contribution is -0.140. The Balaban J connectivity index is 1.95. The average molecular weight is 344 g/mol. The van der Waals surface area contributed by atoms with E-state index in [4.69, 9.17) is 4.74 Å². The van der Waals surface area contributed by atoms with Crippen molar-refractivity contribution in [2.75, 3.05) is 19.6 Å². The van der Waals surface area contributed by atoms with E-state index in [1.54, 1.807) is 0 Å². The summed E-state index contributed by atoms with van der Waals surface area (Å²) in [6.45, 7) is 5.84. The summed E-state index contributed by atoms with van der Waals surface area (Å²) in [7, 11) is 0. The van der Waals surface area contributed by atoms with E-state index in [1.165, 1.54) is 25.1 Å². The molecule has 7 heteroatoms. The zero-order chi connectivity index (χ0) is 17.8. The van der Waals surface area contributed by atoms with Crippen LogP contribution in [0.3, 0.4) is 0 Å². The third kappa shape index (κ3) is 4.87. The van der Waals surface area contributed by atoms with Crippen molar-refractivity contribution < 1.29 is 22.7 Å². The molecule has 0 bridgehead atoms. The van der Waals surface area contributed by atoms with Gasteiger partial charge in [0.25, 0.3) is 5.91 Å². The zero-order valence-electron chi connectivity index (χ0n) is 13.9. The van der Waals surface area contributed by atoms with Gasteiger partial charge < -0.3 is 15.4 Å². The molecular weight excluding hydrogens is 321 g/mol. The number of alkyl halides is 3. The van der Waals surface area contributed by atoms with Crippen LogP contribution in [0, 0.1) is 5.41 Å². The van der Waals surface area contributed by atoms with E-state index in [0.29, 0.717) is 6.54 Å². The average Bonchev–Trinajstić information content (AvgIpc) is 2.53. The Morgan fingerprint density at radius 3 is 2.58 bits per heavy atom. The monoisotopic (exact) mass is 344 g/mol. The van der Waals surface area contributed by atoms with Crippen LogP contribution in [0.4, 0.5) is 13.2 Å². The van der Waals surface area contributed by atoms with Gasteiger partial charge in [0.2, 0.25) is 0 Å². The van der Waals surface area contributed by atoms with Gasteiger partial charge in [-0.2, -0.15) is 13.2 Å². The third-order valence-electron chi connectivity index (χ3n) is 4.37. The first-order chi connectivity index (χ1) is 11.2. The summed E-state index contributed by atoms with van der Waals surface area (Å²) in [6, 6.07) is 4.90. The van der Waals surface area contributed by atoms with Crippen LogP contribution in [-0.2, 0) is 11.0 Å². The Morgan fingerprint density at radius 2 is 1.96 bits per heavy atom. The molecule has 0 aliphatic carbocycles. The van der Waals surface area contributed by atoms with Crippen molar-refractivity contribution in [1.29, 1.82) is 0 Å². The molecule has 1 heterocycles. The number of amides is 1. The number of ether oxygens (including phenoxy) is 1. The van der Waals surface area contributed by atoms with Crippen LogP contribution >= 0.6 is 0 Å². The van der Waals surface area contributed by atoms with Gasteiger partial charge in [0.1, 0.15) is 5.75 Å². The van der Waals surface area contributed by atoms with Crippen molar-refractivity contribution in [1.82, 2.24) is 10.6 Å². The minimum absolute atomic E-state index is 0.00447. The summed E-state index contributed by atoms with van der Waals surface area (Å²) in [5.41, 5.74) is -0.875. The number of hydrogen-bond donors (Lipinski definition) is 2. The van der Waals surface area contributed by atoms with Crippen LogP contribution in [-0.4, -0.2) is 31.6 Å². The number of carbonyl (C=O) groups is 1. The summed E-state index contributed by atoms with van der Waals surface area (Å²) in [5.74, 6) is -0.743. The molecule has 2 rings (SSSR count). The molecule has 0 spiro atoms. The van der Waals surface area contributed by atoms with Crippen LogP contribution in [0.15, 0.2) is 24.3 Å². The van der Waals surface area contributed by atoms with Crippen molar-refractivity contribution >= 4 is 5.91 Å². The third-order valence-corrected chi connectivity index (χ3v) is 4.37. The molecule has 1 aromatic rings. The van der Waals surface area contributed by atoms with Crippen molar-refractivity contribution in [3.63, 3.8) is 0 Å². The SMILES string of the molecule is CC(Oc1ccccc1C(F)(F)F)C(=O)NCC1(C)CCNCC1. The highest BCUT2D eigenvalue weighted by molar-refractivity contribution is 5.80. The molecule has 1 saturated heterocycles. The van der Waals surface area contributed by atoms with Crippen LogP contribution < -0.4 is 15.4 Å². The van der Waals surface area contributed by atoms with E-state index in [0.717, 1.165) is 32.0 Å². The second kappa shape index (κ2) is 7.42. The molecular formula is C17H23F3N2O2. The highest BCUT2D eigenvalue weighted by atomic mass is 19.4. The van der Waals surface area contributed by atoms with E-state index in [2.05, 4.69) is 17.6 Å². The number of benzene rings is 1. The van der Waals surface area contributed by atoms with Gasteiger partial charge in [0.15, 0.2) is 6.10 Å². The number of hydrogen-bond acceptors (Lipinski definition) is 3. The van der Waals surface area contributed by atoms with Crippen LogP contribution in [0.1, 0.15) is 32.3 Å². The molecule has 4 nitrogen and oxygen atoms in total. The minimum Gasteiger partial charge on any atom is -0.480 e. The Labute approximate surface area is 139 Å². The van der Waals surface area contributed by atoms with Crippen molar-refractivity contribution in [2.45, 2.75) is 39.0 Å². The molecule has 1 aliphatic heterocycles. The van der Waals surface area contributed by atoms with Crippen LogP contribution in [0.25, 0.3) is 0 Å². The number of carbonyl (C=O) groups excluding carboxylic acids is 1. The lowest BCUT2D eigenvalue weighted by Crippen LogP contribution is -2.46. The Bertz CT molecular complexity index is 569. The number of nitrogens with one attached hydrogen (secondary N) is 2. The maximum absolute atomic E-state index is 13.0. The first-order valence-electron chi connectivity index (χ1n) is 8.03. The molecule has 1 unspecified atom stereocenters. The molecule has 0 aromatic heterocycles. The molecule has 1 aliphatic rings. The van der Waals surface area contributed by atoms with E-state index in [-0.39, 0.29) is 11.2 Å². The summed E-state index contributed by atoms with van der Waals surface area (Å²) in [6.07, 6.45) is -3.63. The first kappa shape index (κ1) is 18.6. The first-order valence-corrected chi connectivity index (χ1v) is 8.03. The Hall–Kier alpha value is -1.76. The Morgan fingerprint density at radius 1 is 1.33 bits per heavy atom. The van der Waals surface area contributed by atoms with Gasteiger partial charge in [-0.15, -0.1) is 0 Å². The van der Waals surface area contributed by atoms with Crippen molar-refractivity contribution in [2.24, 2.45) is 5.41 Å². The summed E-state index contributed by atoms with van der Waals surface area (Å²) in [4.78, 5) is 12.2. The predicted molar refractivity (Wildman–Crippen MR) is 84.8 cm³/mol. The van der Waals surface area contributed by atoms with Gasteiger partial charge in [-0.05, 0) is 50.4 Å². The van der Waals surface area contributed by atoms with E-state index >= 15 is 0 Å². The van der Waals surface area contributed by atoms with Gasteiger partial charge in [-0.1, -0.05) is 19.1 Å². The second-order valence-electron chi connectivity index (χ2n) is 6.53. The van der Waals surface area contributed by atoms with Gasteiger partial charge in [-0.25, -0.2) is 0 Å². The maximum atomic E-state index is 13.0. The van der Waals surface area contributed by atoms with Crippen molar-refractivity contribution in [3.8, 4) is 5.75 Å². The van der Waals surface area contributed by atoms with Gasteiger partial charge >= 0.3 is 6.18 Å². The minimum atomic E-state index is -4.52. The normalized spacial score (nSPS) is 18.7. The second-order valence-corrected chi connectivity index (χ2v) is 6.53. The van der Waals surface area contributed by atoms with Gasteiger partial charge in [-0.3, -0.25) is 4.79 Å². The molecule has 1 atom stereocenters. The molecule has 24 heavy (non-hydrogen) atoms. The zero-order valence-corrected chi connectivity index (χ0v) is 13.9. The number of halogens is 3. The highest BCUT2D eigenvalue weighted by Crippen LogP contribution is 2.36.